The van der Waals surface area contributed by atoms with Crippen LogP contribution in [0, 0.1) is 0 Å². The Labute approximate surface area is 326 Å². The third-order valence-corrected chi connectivity index (χ3v) is 11.7. The fourth-order valence-electron chi connectivity index (χ4n) is 8.66. The molecule has 1 aliphatic carbocycles. The second kappa shape index (κ2) is 13.3. The molecule has 7 aromatic carbocycles. The van der Waals surface area contributed by atoms with Gasteiger partial charge in [-0.15, -0.1) is 0 Å². The largest absolute Gasteiger partial charge is 0.485 e. The highest BCUT2D eigenvalue weighted by molar-refractivity contribution is 7.80. The van der Waals surface area contributed by atoms with Gasteiger partial charge in [-0.2, -0.15) is 12.6 Å². The van der Waals surface area contributed by atoms with Crippen molar-refractivity contribution in [1.29, 1.82) is 0 Å². The first kappa shape index (κ1) is 33.3. The first-order valence-electron chi connectivity index (χ1n) is 18.9. The standard InChI is InChI=1S/C51H39NO2S/c1-33(55)34-23-25-37(26-24-34)49-50-43(32-47-51(49,2)44-20-9-10-21-45(44)53-47)48-42(19-12-22-46(48)54-50)38-15-11-18-41(31-38)52(39-16-7-4-8-17-39)40-29-27-36(28-30-40)35-13-5-3-6-14-35/h3-33,47,55H,1-2H3. The third-order valence-electron chi connectivity index (χ3n) is 11.4. The molecule has 1 aromatic heterocycles. The van der Waals surface area contributed by atoms with E-state index in [1.54, 1.807) is 0 Å². The van der Waals surface area contributed by atoms with Crippen LogP contribution >= 0.6 is 12.6 Å². The van der Waals surface area contributed by atoms with Crippen molar-refractivity contribution in [3.63, 3.8) is 0 Å². The molecule has 0 bridgehead atoms. The number of para-hydroxylation sites is 2. The molecule has 0 saturated carbocycles. The van der Waals surface area contributed by atoms with E-state index in [1.807, 2.05) is 0 Å². The monoisotopic (exact) mass is 729 g/mol. The van der Waals surface area contributed by atoms with Crippen molar-refractivity contribution in [2.45, 2.75) is 30.6 Å². The zero-order valence-electron chi connectivity index (χ0n) is 30.7. The maximum absolute atomic E-state index is 7.00. The predicted octanol–water partition coefficient (Wildman–Crippen LogP) is 11.9. The third kappa shape index (κ3) is 5.51. The molecule has 0 saturated heterocycles. The van der Waals surface area contributed by atoms with E-state index >= 15 is 0 Å². The van der Waals surface area contributed by atoms with E-state index in [9.17, 15) is 0 Å². The Hall–Kier alpha value is -6.23. The summed E-state index contributed by atoms with van der Waals surface area (Å²) in [6.45, 7) is 4.41. The summed E-state index contributed by atoms with van der Waals surface area (Å²) in [5, 5.41) is 2.31. The number of furan rings is 1. The van der Waals surface area contributed by atoms with Gasteiger partial charge in [0.15, 0.2) is 0 Å². The Morgan fingerprint density at radius 1 is 0.600 bits per heavy atom. The summed E-state index contributed by atoms with van der Waals surface area (Å²) in [7, 11) is 0. The van der Waals surface area contributed by atoms with Crippen molar-refractivity contribution in [2.75, 3.05) is 4.90 Å². The second-order valence-electron chi connectivity index (χ2n) is 14.7. The lowest BCUT2D eigenvalue weighted by Gasteiger charge is -2.33. The molecule has 266 valence electrons. The average Bonchev–Trinajstić information content (AvgIpc) is 3.75. The number of nitrogens with zero attached hydrogens (tertiary/aromatic N) is 1. The van der Waals surface area contributed by atoms with E-state index in [1.165, 1.54) is 22.3 Å². The van der Waals surface area contributed by atoms with E-state index < -0.39 is 5.41 Å². The van der Waals surface area contributed by atoms with Crippen LogP contribution < -0.4 is 20.3 Å². The Morgan fingerprint density at radius 3 is 1.98 bits per heavy atom. The van der Waals surface area contributed by atoms with Gasteiger partial charge in [-0.3, -0.25) is 0 Å². The van der Waals surface area contributed by atoms with Crippen molar-refractivity contribution in [3.05, 3.63) is 203 Å². The molecule has 3 atom stereocenters. The summed E-state index contributed by atoms with van der Waals surface area (Å²) in [5.74, 6) is 0.921. The van der Waals surface area contributed by atoms with E-state index in [0.717, 1.165) is 66.7 Å². The molecule has 4 heteroatoms. The lowest BCUT2D eigenvalue weighted by atomic mass is 9.68. The molecule has 3 unspecified atom stereocenters. The normalized spacial score (nSPS) is 17.4. The highest BCUT2D eigenvalue weighted by atomic mass is 32.1. The van der Waals surface area contributed by atoms with E-state index in [2.05, 4.69) is 201 Å². The Kier molecular flexibility index (Phi) is 8.04. The number of hydrogen-bond acceptors (Lipinski definition) is 4. The van der Waals surface area contributed by atoms with Crippen LogP contribution in [0.1, 0.15) is 35.8 Å². The van der Waals surface area contributed by atoms with Crippen molar-refractivity contribution in [2.24, 2.45) is 0 Å². The number of ether oxygens (including phenoxy) is 1. The molecule has 0 spiro atoms. The smallest absolute Gasteiger partial charge is 0.140 e. The van der Waals surface area contributed by atoms with Crippen LogP contribution in [-0.4, -0.2) is 6.10 Å². The molecule has 55 heavy (non-hydrogen) atoms. The predicted molar refractivity (Wildman–Crippen MR) is 230 cm³/mol. The van der Waals surface area contributed by atoms with Gasteiger partial charge in [-0.1, -0.05) is 127 Å². The lowest BCUT2D eigenvalue weighted by Crippen LogP contribution is -2.46. The number of benzene rings is 7. The summed E-state index contributed by atoms with van der Waals surface area (Å²) in [6.07, 6.45) is 2.09. The summed E-state index contributed by atoms with van der Waals surface area (Å²) in [5.41, 5.74) is 13.8. The van der Waals surface area contributed by atoms with E-state index in [0.29, 0.717) is 0 Å². The fraction of sp³-hybridized carbons (Fsp3) is 0.0980. The van der Waals surface area contributed by atoms with Crippen LogP contribution in [0.4, 0.5) is 17.1 Å². The molecule has 2 heterocycles. The van der Waals surface area contributed by atoms with Gasteiger partial charge in [0.2, 0.25) is 0 Å². The fourth-order valence-corrected chi connectivity index (χ4v) is 8.83. The summed E-state index contributed by atoms with van der Waals surface area (Å²) in [4.78, 5) is 2.33. The maximum atomic E-state index is 7.00. The Morgan fingerprint density at radius 2 is 1.22 bits per heavy atom. The van der Waals surface area contributed by atoms with Crippen molar-refractivity contribution >= 4 is 52.3 Å². The lowest BCUT2D eigenvalue weighted by molar-refractivity contribution is 0.246. The Balaban J connectivity index is 1.16. The van der Waals surface area contributed by atoms with Gasteiger partial charge in [0.25, 0.3) is 0 Å². The second-order valence-corrected chi connectivity index (χ2v) is 15.5. The number of thiol groups is 1. The molecular weight excluding hydrogens is 691 g/mol. The van der Waals surface area contributed by atoms with Crippen LogP contribution in [0.2, 0.25) is 0 Å². The highest BCUT2D eigenvalue weighted by Crippen LogP contribution is 2.51. The highest BCUT2D eigenvalue weighted by Gasteiger charge is 2.50. The van der Waals surface area contributed by atoms with Crippen molar-refractivity contribution in [3.8, 4) is 28.0 Å². The molecule has 0 radical (unpaired) electrons. The van der Waals surface area contributed by atoms with Crippen LogP contribution in [-0.2, 0) is 5.41 Å². The van der Waals surface area contributed by atoms with Crippen LogP contribution in [0.25, 0.3) is 44.9 Å². The first-order chi connectivity index (χ1) is 27.0. The molecule has 0 fully saturated rings. The van der Waals surface area contributed by atoms with Gasteiger partial charge < -0.3 is 14.1 Å². The minimum atomic E-state index is -0.447. The SMILES string of the molecule is CC(S)c1ccc(C2=c3oc4cccc(-c5cccc(N(c6ccccc6)c6ccc(-c7ccccc7)cc6)c5)c4c3=CC3Oc4ccccc4C23C)cc1. The van der Waals surface area contributed by atoms with Crippen LogP contribution in [0.15, 0.2) is 180 Å². The molecule has 10 rings (SSSR count). The summed E-state index contributed by atoms with van der Waals surface area (Å²) in [6, 6.07) is 62.4. The summed E-state index contributed by atoms with van der Waals surface area (Å²) >= 11 is 4.71. The van der Waals surface area contributed by atoms with Crippen molar-refractivity contribution < 1.29 is 9.15 Å². The average molecular weight is 730 g/mol. The molecular formula is C51H39NO2S. The number of anilines is 3. The Bertz CT molecular complexity index is 2820. The van der Waals surface area contributed by atoms with Crippen LogP contribution in [0.5, 0.6) is 5.75 Å². The van der Waals surface area contributed by atoms with Gasteiger partial charge in [-0.25, -0.2) is 0 Å². The molecule has 1 aliphatic heterocycles. The van der Waals surface area contributed by atoms with Gasteiger partial charge in [0.1, 0.15) is 22.9 Å². The van der Waals surface area contributed by atoms with Crippen molar-refractivity contribution in [1.82, 2.24) is 0 Å². The number of fused-ring (bicyclic) bond motifs is 6. The number of hydrogen-bond donors (Lipinski definition) is 1. The topological polar surface area (TPSA) is 25.6 Å². The summed E-state index contributed by atoms with van der Waals surface area (Å²) < 4.78 is 13.8. The molecule has 2 aliphatic rings. The zero-order valence-corrected chi connectivity index (χ0v) is 31.6. The van der Waals surface area contributed by atoms with Gasteiger partial charge in [0, 0.05) is 44.1 Å². The van der Waals surface area contributed by atoms with E-state index in [-0.39, 0.29) is 11.4 Å². The molecule has 8 aromatic rings. The van der Waals surface area contributed by atoms with E-state index in [4.69, 9.17) is 21.8 Å². The number of rotatable bonds is 7. The van der Waals surface area contributed by atoms with Gasteiger partial charge in [-0.05, 0) is 102 Å². The maximum Gasteiger partial charge on any atom is 0.140 e. The quantitative estimate of drug-likeness (QED) is 0.165. The molecule has 3 nitrogen and oxygen atoms in total. The van der Waals surface area contributed by atoms with Gasteiger partial charge in [0.05, 0.1) is 5.41 Å². The van der Waals surface area contributed by atoms with Gasteiger partial charge >= 0.3 is 0 Å². The minimum Gasteiger partial charge on any atom is -0.485 e. The first-order valence-corrected chi connectivity index (χ1v) is 19.4. The minimum absolute atomic E-state index is 0.143. The molecule has 0 N–H and O–H groups in total. The zero-order chi connectivity index (χ0) is 37.1. The molecule has 0 amide bonds. The van der Waals surface area contributed by atoms with Crippen LogP contribution in [0.3, 0.4) is 0 Å².